The number of hydrogen-bond donors (Lipinski definition) is 1. The molecule has 1 aliphatic heterocycles. The van der Waals surface area contributed by atoms with Crippen LogP contribution in [0.15, 0.2) is 70.5 Å². The second-order valence-electron chi connectivity index (χ2n) is 6.17. The van der Waals surface area contributed by atoms with Crippen molar-refractivity contribution in [2.75, 3.05) is 4.90 Å². The Labute approximate surface area is 150 Å². The molecular formula is C20H17N3OS. The molecule has 1 atom stereocenters. The molecular weight excluding hydrogens is 330 g/mol. The van der Waals surface area contributed by atoms with E-state index in [1.54, 1.807) is 11.3 Å². The summed E-state index contributed by atoms with van der Waals surface area (Å²) in [5.41, 5.74) is 9.49. The maximum absolute atomic E-state index is 12.8. The van der Waals surface area contributed by atoms with Gasteiger partial charge in [-0.1, -0.05) is 24.3 Å². The normalized spacial score (nSPS) is 20.5. The predicted molar refractivity (Wildman–Crippen MR) is 98.7 cm³/mol. The highest BCUT2D eigenvalue weighted by Crippen LogP contribution is 2.47. The lowest BCUT2D eigenvalue weighted by Crippen LogP contribution is -2.38. The number of carbonyl (C=O) groups is 1. The molecule has 25 heavy (non-hydrogen) atoms. The maximum atomic E-state index is 12.8. The van der Waals surface area contributed by atoms with Gasteiger partial charge in [-0.05, 0) is 36.4 Å². The highest BCUT2D eigenvalue weighted by molar-refractivity contribution is 7.10. The van der Waals surface area contributed by atoms with Gasteiger partial charge in [0.05, 0.1) is 17.6 Å². The highest BCUT2D eigenvalue weighted by Gasteiger charge is 2.40. The van der Waals surface area contributed by atoms with Crippen LogP contribution in [0.5, 0.6) is 0 Å². The molecule has 4 rings (SSSR count). The Bertz CT molecular complexity index is 920. The van der Waals surface area contributed by atoms with Gasteiger partial charge in [-0.25, -0.2) is 0 Å². The molecule has 0 radical (unpaired) electrons. The lowest BCUT2D eigenvalue weighted by atomic mass is 9.78. The third-order valence-electron chi connectivity index (χ3n) is 4.76. The van der Waals surface area contributed by atoms with Crippen LogP contribution < -0.4 is 10.6 Å². The third-order valence-corrected chi connectivity index (χ3v) is 5.69. The standard InChI is InChI=1S/C20H17N3OS/c21-12-14-18(17-10-5-11-25-17)19-15(8-4-9-16(19)24)23(20(14)22)13-6-2-1-3-7-13/h1-3,5-7,10-11,18H,4,8-9,22H2/t18-/m1/s1. The Kier molecular flexibility index (Phi) is 3.90. The number of anilines is 1. The molecule has 1 aromatic carbocycles. The van der Waals surface area contributed by atoms with Gasteiger partial charge in [0, 0.05) is 28.3 Å². The van der Waals surface area contributed by atoms with E-state index < -0.39 is 0 Å². The third kappa shape index (κ3) is 2.46. The summed E-state index contributed by atoms with van der Waals surface area (Å²) in [5.74, 6) is 0.217. The number of thiophene rings is 1. The van der Waals surface area contributed by atoms with Crippen LogP contribution in [0.25, 0.3) is 0 Å². The molecule has 1 aromatic heterocycles. The molecule has 0 spiro atoms. The predicted octanol–water partition coefficient (Wildman–Crippen LogP) is 4.05. The molecule has 0 amide bonds. The van der Waals surface area contributed by atoms with E-state index in [2.05, 4.69) is 6.07 Å². The van der Waals surface area contributed by atoms with Crippen LogP contribution in [-0.2, 0) is 4.79 Å². The van der Waals surface area contributed by atoms with Gasteiger partial charge in [-0.15, -0.1) is 11.3 Å². The smallest absolute Gasteiger partial charge is 0.161 e. The monoisotopic (exact) mass is 347 g/mol. The number of carbonyl (C=O) groups excluding carboxylic acids is 1. The summed E-state index contributed by atoms with van der Waals surface area (Å²) in [4.78, 5) is 15.7. The molecule has 0 saturated heterocycles. The summed E-state index contributed by atoms with van der Waals surface area (Å²) in [6.07, 6.45) is 2.13. The van der Waals surface area contributed by atoms with Crippen LogP contribution in [0.1, 0.15) is 30.1 Å². The Balaban J connectivity index is 1.98. The number of Topliss-reactive ketones (excluding diaryl/α,β-unsaturated/α-hetero) is 1. The topological polar surface area (TPSA) is 70.1 Å². The van der Waals surface area contributed by atoms with Gasteiger partial charge in [0.1, 0.15) is 5.82 Å². The average molecular weight is 347 g/mol. The summed E-state index contributed by atoms with van der Waals surface area (Å²) in [7, 11) is 0. The zero-order valence-electron chi connectivity index (χ0n) is 13.6. The van der Waals surface area contributed by atoms with Gasteiger partial charge in [0.15, 0.2) is 5.78 Å². The van der Waals surface area contributed by atoms with E-state index in [1.165, 1.54) is 0 Å². The van der Waals surface area contributed by atoms with E-state index in [-0.39, 0.29) is 11.7 Å². The van der Waals surface area contributed by atoms with Gasteiger partial charge < -0.3 is 5.73 Å². The molecule has 2 heterocycles. The quantitative estimate of drug-likeness (QED) is 0.889. The fraction of sp³-hybridized carbons (Fsp3) is 0.200. The van der Waals surface area contributed by atoms with Crippen LogP contribution in [-0.4, -0.2) is 5.78 Å². The number of ketones is 1. The van der Waals surface area contributed by atoms with Crippen molar-refractivity contribution >= 4 is 22.8 Å². The molecule has 2 N–H and O–H groups in total. The molecule has 1 aliphatic carbocycles. The zero-order valence-corrected chi connectivity index (χ0v) is 14.4. The van der Waals surface area contributed by atoms with E-state index in [0.29, 0.717) is 17.8 Å². The minimum Gasteiger partial charge on any atom is -0.384 e. The molecule has 0 saturated carbocycles. The van der Waals surface area contributed by atoms with E-state index in [1.807, 2.05) is 52.7 Å². The number of hydrogen-bond acceptors (Lipinski definition) is 5. The second kappa shape index (κ2) is 6.23. The second-order valence-corrected chi connectivity index (χ2v) is 7.15. The van der Waals surface area contributed by atoms with Gasteiger partial charge in [-0.2, -0.15) is 5.26 Å². The summed E-state index contributed by atoms with van der Waals surface area (Å²) >= 11 is 1.56. The van der Waals surface area contributed by atoms with Crippen molar-refractivity contribution in [2.24, 2.45) is 5.73 Å². The molecule has 0 unspecified atom stereocenters. The average Bonchev–Trinajstić information content (AvgIpc) is 3.16. The summed E-state index contributed by atoms with van der Waals surface area (Å²) in [5, 5.41) is 11.8. The number of allylic oxidation sites excluding steroid dienone is 3. The number of benzene rings is 1. The Hall–Kier alpha value is -2.84. The van der Waals surface area contributed by atoms with Gasteiger partial charge >= 0.3 is 0 Å². The van der Waals surface area contributed by atoms with Crippen LogP contribution >= 0.6 is 11.3 Å². The highest BCUT2D eigenvalue weighted by atomic mass is 32.1. The van der Waals surface area contributed by atoms with Crippen LogP contribution in [0.3, 0.4) is 0 Å². The Morgan fingerprint density at radius 3 is 2.64 bits per heavy atom. The Morgan fingerprint density at radius 2 is 1.96 bits per heavy atom. The van der Waals surface area contributed by atoms with Gasteiger partial charge in [0.2, 0.25) is 0 Å². The molecule has 5 heteroatoms. The van der Waals surface area contributed by atoms with Crippen LogP contribution in [0.4, 0.5) is 5.69 Å². The van der Waals surface area contributed by atoms with Crippen molar-refractivity contribution in [3.8, 4) is 6.07 Å². The van der Waals surface area contributed by atoms with Crippen molar-refractivity contribution in [3.63, 3.8) is 0 Å². The minimum absolute atomic E-state index is 0.126. The molecule has 0 fully saturated rings. The maximum Gasteiger partial charge on any atom is 0.161 e. The molecule has 124 valence electrons. The van der Waals surface area contributed by atoms with E-state index in [0.717, 1.165) is 34.7 Å². The van der Waals surface area contributed by atoms with Gasteiger partial charge in [-0.3, -0.25) is 9.69 Å². The SMILES string of the molecule is N#CC1=C(N)N(c2ccccc2)C2=C(C(=O)CCC2)[C@H]1c1cccs1. The van der Waals surface area contributed by atoms with Crippen molar-refractivity contribution in [1.29, 1.82) is 5.26 Å². The number of para-hydroxylation sites is 1. The van der Waals surface area contributed by atoms with E-state index in [9.17, 15) is 10.1 Å². The minimum atomic E-state index is -0.340. The summed E-state index contributed by atoms with van der Waals surface area (Å²) in [6, 6.07) is 15.9. The van der Waals surface area contributed by atoms with Gasteiger partial charge in [0.25, 0.3) is 0 Å². The van der Waals surface area contributed by atoms with Crippen LogP contribution in [0.2, 0.25) is 0 Å². The van der Waals surface area contributed by atoms with E-state index >= 15 is 0 Å². The van der Waals surface area contributed by atoms with Crippen molar-refractivity contribution in [3.05, 3.63) is 75.4 Å². The van der Waals surface area contributed by atoms with E-state index in [4.69, 9.17) is 5.73 Å². The first-order chi connectivity index (χ1) is 12.2. The first kappa shape index (κ1) is 15.7. The Morgan fingerprint density at radius 1 is 1.16 bits per heavy atom. The lowest BCUT2D eigenvalue weighted by molar-refractivity contribution is -0.116. The first-order valence-electron chi connectivity index (χ1n) is 8.27. The van der Waals surface area contributed by atoms with Crippen molar-refractivity contribution < 1.29 is 4.79 Å². The fourth-order valence-electron chi connectivity index (χ4n) is 3.70. The van der Waals surface area contributed by atoms with Crippen molar-refractivity contribution in [2.45, 2.75) is 25.2 Å². The fourth-order valence-corrected chi connectivity index (χ4v) is 4.54. The van der Waals surface area contributed by atoms with Crippen LogP contribution in [0, 0.1) is 11.3 Å². The lowest BCUT2D eigenvalue weighted by Gasteiger charge is -2.39. The molecule has 0 bridgehead atoms. The molecule has 2 aromatic rings. The largest absolute Gasteiger partial charge is 0.384 e. The number of nitrogens with two attached hydrogens (primary N) is 1. The number of nitrogens with zero attached hydrogens (tertiary/aromatic N) is 2. The van der Waals surface area contributed by atoms with Crippen molar-refractivity contribution in [1.82, 2.24) is 0 Å². The molecule has 2 aliphatic rings. The summed E-state index contributed by atoms with van der Waals surface area (Å²) in [6.45, 7) is 0. The first-order valence-corrected chi connectivity index (χ1v) is 9.15. The number of nitriles is 1. The summed E-state index contributed by atoms with van der Waals surface area (Å²) < 4.78 is 0. The molecule has 4 nitrogen and oxygen atoms in total. The number of rotatable bonds is 2. The zero-order chi connectivity index (χ0) is 17.4.